The molecule has 0 saturated heterocycles. The predicted molar refractivity (Wildman–Crippen MR) is 71.3 cm³/mol. The van der Waals surface area contributed by atoms with E-state index in [1.807, 2.05) is 0 Å². The first kappa shape index (κ1) is 13.0. The number of aromatic hydroxyl groups is 1. The number of rotatable bonds is 3. The van der Waals surface area contributed by atoms with Gasteiger partial charge in [0.05, 0.1) is 12.7 Å². The minimum absolute atomic E-state index is 0.0439. The number of aromatic amines is 2. The summed E-state index contributed by atoms with van der Waals surface area (Å²) in [6, 6.07) is 1.62. The third kappa shape index (κ3) is 2.53. The van der Waals surface area contributed by atoms with Crippen LogP contribution in [0, 0.1) is 0 Å². The third-order valence-electron chi connectivity index (χ3n) is 2.78. The Kier molecular flexibility index (Phi) is 3.22. The topological polar surface area (TPSA) is 111 Å². The van der Waals surface area contributed by atoms with Gasteiger partial charge in [-0.3, -0.25) is 9.98 Å². The highest BCUT2D eigenvalue weighted by molar-refractivity contribution is 5.56. The number of hydrogen-bond acceptors (Lipinski definition) is 5. The number of nitrogens with zero attached hydrogens (tertiary/aromatic N) is 4. The van der Waals surface area contributed by atoms with Crippen LogP contribution in [0.2, 0.25) is 0 Å². The van der Waals surface area contributed by atoms with Crippen molar-refractivity contribution in [2.75, 3.05) is 13.2 Å². The van der Waals surface area contributed by atoms with Crippen molar-refractivity contribution in [3.8, 4) is 5.88 Å². The maximum absolute atomic E-state index is 12.1. The van der Waals surface area contributed by atoms with Crippen LogP contribution in [0.15, 0.2) is 28.2 Å². The van der Waals surface area contributed by atoms with E-state index in [0.29, 0.717) is 16.4 Å². The highest BCUT2D eigenvalue weighted by Gasteiger charge is 2.04. The van der Waals surface area contributed by atoms with Crippen LogP contribution in [0.1, 0.15) is 5.69 Å². The van der Waals surface area contributed by atoms with E-state index < -0.39 is 12.4 Å². The van der Waals surface area contributed by atoms with E-state index in [4.69, 9.17) is 0 Å². The van der Waals surface area contributed by atoms with Gasteiger partial charge in [0, 0.05) is 17.5 Å². The SMILES string of the molecule is O=c1[nH]c(O)c(/C=c2/cnn3ccc(=NCCF)nc23)[nH]1. The minimum atomic E-state index is -0.552. The molecule has 0 unspecified atom stereocenters. The van der Waals surface area contributed by atoms with Gasteiger partial charge in [0.1, 0.15) is 12.4 Å². The molecule has 3 N–H and O–H groups in total. The van der Waals surface area contributed by atoms with Crippen molar-refractivity contribution in [3.63, 3.8) is 0 Å². The fourth-order valence-electron chi connectivity index (χ4n) is 1.87. The lowest BCUT2D eigenvalue weighted by Gasteiger charge is -1.92. The molecule has 9 heteroatoms. The Hall–Kier alpha value is -2.97. The first-order valence-electron chi connectivity index (χ1n) is 6.11. The standard InChI is InChI=1S/C12H11FN6O2/c13-2-3-14-9-1-4-19-10(17-9)7(6-15-19)5-8-11(20)18-12(21)16-8/h1,4-6,20H,2-3H2,(H2,16,18,21)/b7-5-,14-9?. The zero-order valence-corrected chi connectivity index (χ0v) is 10.7. The van der Waals surface area contributed by atoms with Crippen LogP contribution in [0.3, 0.4) is 0 Å². The lowest BCUT2D eigenvalue weighted by Crippen LogP contribution is -2.14. The van der Waals surface area contributed by atoms with Crippen molar-refractivity contribution >= 4 is 11.7 Å². The van der Waals surface area contributed by atoms with Gasteiger partial charge in [-0.2, -0.15) is 5.10 Å². The molecule has 0 atom stereocenters. The van der Waals surface area contributed by atoms with E-state index in [-0.39, 0.29) is 18.1 Å². The molecule has 0 aromatic carbocycles. The normalized spacial score (nSPS) is 13.4. The summed E-state index contributed by atoms with van der Waals surface area (Å²) in [6.07, 6.45) is 4.71. The van der Waals surface area contributed by atoms with Gasteiger partial charge in [-0.15, -0.1) is 0 Å². The lowest BCUT2D eigenvalue weighted by molar-refractivity contribution is 0.454. The predicted octanol–water partition coefficient (Wildman–Crippen LogP) is -1.13. The molecular formula is C12H11FN6O2. The Morgan fingerprint density at radius 2 is 2.33 bits per heavy atom. The average molecular weight is 290 g/mol. The van der Waals surface area contributed by atoms with Crippen LogP contribution in [-0.2, 0) is 0 Å². The molecule has 0 amide bonds. The summed E-state index contributed by atoms with van der Waals surface area (Å²) in [7, 11) is 0. The Morgan fingerprint density at radius 3 is 3.05 bits per heavy atom. The van der Waals surface area contributed by atoms with Crippen LogP contribution in [-0.4, -0.2) is 42.9 Å². The molecule has 3 aromatic heterocycles. The molecule has 0 saturated carbocycles. The second-order valence-corrected chi connectivity index (χ2v) is 4.21. The molecule has 0 spiro atoms. The summed E-state index contributed by atoms with van der Waals surface area (Å²) in [6.45, 7) is -0.508. The molecule has 0 bridgehead atoms. The van der Waals surface area contributed by atoms with E-state index in [1.165, 1.54) is 16.8 Å². The number of halogens is 1. The largest absolute Gasteiger partial charge is 0.493 e. The summed E-state index contributed by atoms with van der Waals surface area (Å²) < 4.78 is 13.7. The zero-order valence-electron chi connectivity index (χ0n) is 10.7. The van der Waals surface area contributed by atoms with Gasteiger partial charge < -0.3 is 10.1 Å². The van der Waals surface area contributed by atoms with Crippen LogP contribution in [0.4, 0.5) is 4.39 Å². The molecule has 0 aliphatic heterocycles. The van der Waals surface area contributed by atoms with Gasteiger partial charge in [-0.05, 0) is 6.08 Å². The van der Waals surface area contributed by atoms with Crippen molar-refractivity contribution < 1.29 is 9.50 Å². The number of alkyl halides is 1. The first-order chi connectivity index (χ1) is 10.2. The fourth-order valence-corrected chi connectivity index (χ4v) is 1.87. The third-order valence-corrected chi connectivity index (χ3v) is 2.78. The number of hydrogen-bond donors (Lipinski definition) is 3. The molecule has 0 fully saturated rings. The molecule has 3 rings (SSSR count). The smallest absolute Gasteiger partial charge is 0.326 e. The molecule has 108 valence electrons. The number of imidazole rings is 1. The highest BCUT2D eigenvalue weighted by atomic mass is 19.1. The fraction of sp³-hybridized carbons (Fsp3) is 0.167. The van der Waals surface area contributed by atoms with E-state index >= 15 is 0 Å². The number of fused-ring (bicyclic) bond motifs is 1. The number of H-pyrrole nitrogens is 2. The monoisotopic (exact) mass is 290 g/mol. The van der Waals surface area contributed by atoms with Gasteiger partial charge >= 0.3 is 5.69 Å². The van der Waals surface area contributed by atoms with Gasteiger partial charge in [0.15, 0.2) is 11.1 Å². The first-order valence-corrected chi connectivity index (χ1v) is 6.11. The molecule has 0 radical (unpaired) electrons. The van der Waals surface area contributed by atoms with Crippen molar-refractivity contribution in [2.24, 2.45) is 4.99 Å². The highest BCUT2D eigenvalue weighted by Crippen LogP contribution is 2.07. The van der Waals surface area contributed by atoms with Gasteiger partial charge in [0.25, 0.3) is 0 Å². The Bertz CT molecular complexity index is 954. The summed E-state index contributed by atoms with van der Waals surface area (Å²) in [4.78, 5) is 24.0. The summed E-state index contributed by atoms with van der Waals surface area (Å²) in [5.74, 6) is -0.266. The van der Waals surface area contributed by atoms with E-state index in [1.54, 1.807) is 12.3 Å². The minimum Gasteiger partial charge on any atom is -0.493 e. The maximum Gasteiger partial charge on any atom is 0.326 e. The van der Waals surface area contributed by atoms with E-state index in [2.05, 4.69) is 25.0 Å². The van der Waals surface area contributed by atoms with Crippen LogP contribution >= 0.6 is 0 Å². The Morgan fingerprint density at radius 1 is 1.48 bits per heavy atom. The van der Waals surface area contributed by atoms with E-state index in [9.17, 15) is 14.3 Å². The van der Waals surface area contributed by atoms with Crippen LogP contribution < -0.4 is 16.4 Å². The van der Waals surface area contributed by atoms with Crippen molar-refractivity contribution in [1.29, 1.82) is 0 Å². The van der Waals surface area contributed by atoms with Crippen molar-refractivity contribution in [1.82, 2.24) is 24.6 Å². The van der Waals surface area contributed by atoms with E-state index in [0.717, 1.165) is 0 Å². The molecule has 0 aliphatic rings. The van der Waals surface area contributed by atoms with Crippen molar-refractivity contribution in [2.45, 2.75) is 0 Å². The quantitative estimate of drug-likeness (QED) is 0.566. The number of nitrogens with one attached hydrogen (secondary N) is 2. The molecule has 8 nitrogen and oxygen atoms in total. The zero-order chi connectivity index (χ0) is 14.8. The van der Waals surface area contributed by atoms with Gasteiger partial charge in [0.2, 0.25) is 5.88 Å². The summed E-state index contributed by atoms with van der Waals surface area (Å²) in [5.41, 5.74) is 0.586. The Balaban J connectivity index is 2.19. The van der Waals surface area contributed by atoms with Gasteiger partial charge in [-0.25, -0.2) is 18.7 Å². The Labute approximate surface area is 116 Å². The molecule has 3 heterocycles. The molecule has 21 heavy (non-hydrogen) atoms. The average Bonchev–Trinajstić information content (AvgIpc) is 3.00. The van der Waals surface area contributed by atoms with Crippen molar-refractivity contribution in [3.05, 3.63) is 45.3 Å². The van der Waals surface area contributed by atoms with Crippen LogP contribution in [0.5, 0.6) is 5.88 Å². The maximum atomic E-state index is 12.1. The van der Waals surface area contributed by atoms with Crippen LogP contribution in [0.25, 0.3) is 11.7 Å². The molecule has 0 aliphatic carbocycles. The second kappa shape index (κ2) is 5.19. The molecular weight excluding hydrogens is 279 g/mol. The second-order valence-electron chi connectivity index (χ2n) is 4.21. The number of aromatic nitrogens is 5. The lowest BCUT2D eigenvalue weighted by atomic mass is 10.3. The summed E-state index contributed by atoms with van der Waals surface area (Å²) >= 11 is 0. The van der Waals surface area contributed by atoms with Gasteiger partial charge in [-0.1, -0.05) is 0 Å². The summed E-state index contributed by atoms with van der Waals surface area (Å²) in [5, 5.41) is 14.2. The molecule has 3 aromatic rings.